The molecule has 6 nitrogen and oxygen atoms in total. The van der Waals surface area contributed by atoms with Crippen LogP contribution in [0.15, 0.2) is 57.1 Å². The first-order valence-electron chi connectivity index (χ1n) is 6.82. The third kappa shape index (κ3) is 4.19. The number of rotatable bonds is 7. The summed E-state index contributed by atoms with van der Waals surface area (Å²) in [7, 11) is -3.58. The third-order valence-corrected chi connectivity index (χ3v) is 4.35. The highest BCUT2D eigenvalue weighted by molar-refractivity contribution is 7.89. The number of hydrogen-bond donors (Lipinski definition) is 1. The summed E-state index contributed by atoms with van der Waals surface area (Å²) in [5.74, 6) is 0.555. The summed E-state index contributed by atoms with van der Waals surface area (Å²) in [4.78, 5) is 5.16. The smallest absolute Gasteiger partial charge is 0.240 e. The SMILES string of the molecule is CCO/N=C(\C)c1ccc(S(=O)(=O)NCc2ccco2)cc1. The molecule has 0 saturated carbocycles. The van der Waals surface area contributed by atoms with Gasteiger partial charge in [-0.15, -0.1) is 0 Å². The van der Waals surface area contributed by atoms with Crippen LogP contribution in [0.5, 0.6) is 0 Å². The number of benzene rings is 1. The van der Waals surface area contributed by atoms with Crippen LogP contribution >= 0.6 is 0 Å². The number of furan rings is 1. The van der Waals surface area contributed by atoms with Gasteiger partial charge in [0.05, 0.1) is 23.4 Å². The van der Waals surface area contributed by atoms with Gasteiger partial charge in [0.25, 0.3) is 0 Å². The van der Waals surface area contributed by atoms with Crippen LogP contribution < -0.4 is 4.72 Å². The third-order valence-electron chi connectivity index (χ3n) is 2.93. The predicted octanol–water partition coefficient (Wildman–Crippen LogP) is 2.52. The second kappa shape index (κ2) is 7.24. The van der Waals surface area contributed by atoms with Gasteiger partial charge in [-0.25, -0.2) is 13.1 Å². The average molecular weight is 322 g/mol. The maximum absolute atomic E-state index is 12.2. The molecule has 0 spiro atoms. The molecule has 0 aliphatic carbocycles. The Hall–Kier alpha value is -2.12. The van der Waals surface area contributed by atoms with Gasteiger partial charge in [-0.3, -0.25) is 0 Å². The molecule has 118 valence electrons. The van der Waals surface area contributed by atoms with Crippen LogP contribution in [0.3, 0.4) is 0 Å². The molecule has 7 heteroatoms. The molecule has 2 rings (SSSR count). The van der Waals surface area contributed by atoms with Crippen LogP contribution in [0.1, 0.15) is 25.2 Å². The fraction of sp³-hybridized carbons (Fsp3) is 0.267. The van der Waals surface area contributed by atoms with E-state index >= 15 is 0 Å². The number of nitrogens with zero attached hydrogens (tertiary/aromatic N) is 1. The van der Waals surface area contributed by atoms with Gasteiger partial charge in [-0.1, -0.05) is 17.3 Å². The second-order valence-corrected chi connectivity index (χ2v) is 6.29. The van der Waals surface area contributed by atoms with Crippen molar-refractivity contribution < 1.29 is 17.7 Å². The molecule has 22 heavy (non-hydrogen) atoms. The lowest BCUT2D eigenvalue weighted by Gasteiger charge is -2.06. The largest absolute Gasteiger partial charge is 0.468 e. The summed E-state index contributed by atoms with van der Waals surface area (Å²) >= 11 is 0. The highest BCUT2D eigenvalue weighted by atomic mass is 32.2. The zero-order chi connectivity index (χ0) is 16.0. The van der Waals surface area contributed by atoms with E-state index in [2.05, 4.69) is 9.88 Å². The molecule has 0 atom stereocenters. The highest BCUT2D eigenvalue weighted by Gasteiger charge is 2.14. The summed E-state index contributed by atoms with van der Waals surface area (Å²) in [6, 6.07) is 9.87. The molecule has 0 unspecified atom stereocenters. The van der Waals surface area contributed by atoms with Gasteiger partial charge in [0.1, 0.15) is 12.4 Å². The van der Waals surface area contributed by atoms with E-state index in [1.54, 1.807) is 31.2 Å². The van der Waals surface area contributed by atoms with Crippen molar-refractivity contribution in [1.29, 1.82) is 0 Å². The van der Waals surface area contributed by atoms with Crippen molar-refractivity contribution >= 4 is 15.7 Å². The second-order valence-electron chi connectivity index (χ2n) is 4.52. The molecule has 0 saturated heterocycles. The molecule has 1 heterocycles. The topological polar surface area (TPSA) is 80.9 Å². The molecular weight excluding hydrogens is 304 g/mol. The van der Waals surface area contributed by atoms with Crippen LogP contribution in [0.2, 0.25) is 0 Å². The molecule has 2 aromatic rings. The molecular formula is C15H18N2O4S. The molecule has 0 amide bonds. The van der Waals surface area contributed by atoms with Crippen LogP contribution in [-0.4, -0.2) is 20.7 Å². The van der Waals surface area contributed by atoms with Gasteiger partial charge in [0, 0.05) is 0 Å². The zero-order valence-electron chi connectivity index (χ0n) is 12.4. The molecule has 1 aromatic heterocycles. The number of nitrogens with one attached hydrogen (secondary N) is 1. The Morgan fingerprint density at radius 2 is 2.00 bits per heavy atom. The van der Waals surface area contributed by atoms with E-state index < -0.39 is 10.0 Å². The standard InChI is InChI=1S/C15H18N2O4S/c1-3-21-17-12(2)13-6-8-15(9-7-13)22(18,19)16-11-14-5-4-10-20-14/h4-10,16H,3,11H2,1-2H3/b17-12+. The van der Waals surface area contributed by atoms with Crippen molar-refractivity contribution in [3.8, 4) is 0 Å². The Labute approximate surface area is 129 Å². The molecule has 0 aliphatic heterocycles. The van der Waals surface area contributed by atoms with Crippen LogP contribution in [-0.2, 0) is 21.4 Å². The molecule has 0 aliphatic rings. The fourth-order valence-electron chi connectivity index (χ4n) is 1.75. The maximum Gasteiger partial charge on any atom is 0.240 e. The van der Waals surface area contributed by atoms with E-state index in [1.807, 2.05) is 6.92 Å². The van der Waals surface area contributed by atoms with Crippen molar-refractivity contribution in [3.63, 3.8) is 0 Å². The van der Waals surface area contributed by atoms with Crippen molar-refractivity contribution in [3.05, 3.63) is 54.0 Å². The summed E-state index contributed by atoms with van der Waals surface area (Å²) < 4.78 is 31.9. The van der Waals surface area contributed by atoms with Crippen molar-refractivity contribution in [2.24, 2.45) is 5.16 Å². The first-order valence-corrected chi connectivity index (χ1v) is 8.30. The average Bonchev–Trinajstić information content (AvgIpc) is 3.04. The summed E-state index contributed by atoms with van der Waals surface area (Å²) in [6.07, 6.45) is 1.50. The van der Waals surface area contributed by atoms with E-state index in [9.17, 15) is 8.42 Å². The first kappa shape index (κ1) is 16.3. The van der Waals surface area contributed by atoms with E-state index in [1.165, 1.54) is 18.4 Å². The Bertz CT molecular complexity index is 719. The van der Waals surface area contributed by atoms with Gasteiger partial charge in [-0.05, 0) is 43.7 Å². The Kier molecular flexibility index (Phi) is 5.35. The minimum absolute atomic E-state index is 0.113. The maximum atomic E-state index is 12.2. The number of sulfonamides is 1. The van der Waals surface area contributed by atoms with E-state index in [4.69, 9.17) is 9.25 Å². The Morgan fingerprint density at radius 1 is 1.27 bits per heavy atom. The molecule has 1 aromatic carbocycles. The number of hydrogen-bond acceptors (Lipinski definition) is 5. The molecule has 1 N–H and O–H groups in total. The number of oxime groups is 1. The lowest BCUT2D eigenvalue weighted by Crippen LogP contribution is -2.23. The quantitative estimate of drug-likeness (QED) is 0.627. The van der Waals surface area contributed by atoms with E-state index in [0.29, 0.717) is 18.1 Å². The Morgan fingerprint density at radius 3 is 2.59 bits per heavy atom. The minimum Gasteiger partial charge on any atom is -0.468 e. The molecule has 0 radical (unpaired) electrons. The van der Waals surface area contributed by atoms with Crippen molar-refractivity contribution in [2.45, 2.75) is 25.3 Å². The minimum atomic E-state index is -3.58. The summed E-state index contributed by atoms with van der Waals surface area (Å²) in [5, 5.41) is 3.91. The van der Waals surface area contributed by atoms with Gasteiger partial charge >= 0.3 is 0 Å². The van der Waals surface area contributed by atoms with Crippen LogP contribution in [0.25, 0.3) is 0 Å². The van der Waals surface area contributed by atoms with Gasteiger partial charge in [0.2, 0.25) is 10.0 Å². The zero-order valence-corrected chi connectivity index (χ0v) is 13.3. The van der Waals surface area contributed by atoms with E-state index in [0.717, 1.165) is 5.56 Å². The lowest BCUT2D eigenvalue weighted by molar-refractivity contribution is 0.159. The summed E-state index contributed by atoms with van der Waals surface area (Å²) in [6.45, 7) is 4.24. The normalized spacial score (nSPS) is 12.4. The van der Waals surface area contributed by atoms with Crippen molar-refractivity contribution in [2.75, 3.05) is 6.61 Å². The highest BCUT2D eigenvalue weighted by Crippen LogP contribution is 2.12. The van der Waals surface area contributed by atoms with Crippen molar-refractivity contribution in [1.82, 2.24) is 4.72 Å². The monoisotopic (exact) mass is 322 g/mol. The molecule has 0 fully saturated rings. The van der Waals surface area contributed by atoms with Gasteiger partial charge < -0.3 is 9.25 Å². The fourth-order valence-corrected chi connectivity index (χ4v) is 2.75. The predicted molar refractivity (Wildman–Crippen MR) is 83.0 cm³/mol. The summed E-state index contributed by atoms with van der Waals surface area (Å²) in [5.41, 5.74) is 1.49. The lowest BCUT2D eigenvalue weighted by atomic mass is 10.1. The Balaban J connectivity index is 2.08. The van der Waals surface area contributed by atoms with Gasteiger partial charge in [0.15, 0.2) is 0 Å². The molecule has 0 bridgehead atoms. The first-order chi connectivity index (χ1) is 10.5. The van der Waals surface area contributed by atoms with Crippen LogP contribution in [0, 0.1) is 0 Å². The van der Waals surface area contributed by atoms with Crippen LogP contribution in [0.4, 0.5) is 0 Å². The van der Waals surface area contributed by atoms with Gasteiger partial charge in [-0.2, -0.15) is 0 Å². The van der Waals surface area contributed by atoms with E-state index in [-0.39, 0.29) is 11.4 Å².